The Bertz CT molecular complexity index is 540. The van der Waals surface area contributed by atoms with E-state index >= 15 is 0 Å². The highest BCUT2D eigenvalue weighted by Crippen LogP contribution is 2.13. The van der Waals surface area contributed by atoms with E-state index in [1.54, 1.807) is 20.8 Å². The van der Waals surface area contributed by atoms with Gasteiger partial charge in [-0.2, -0.15) is 0 Å². The van der Waals surface area contributed by atoms with Crippen LogP contribution in [-0.4, -0.2) is 42.9 Å². The summed E-state index contributed by atoms with van der Waals surface area (Å²) in [6, 6.07) is 6.74. The largest absolute Gasteiger partial charge is 0.444 e. The fourth-order valence-electron chi connectivity index (χ4n) is 1.82. The van der Waals surface area contributed by atoms with Gasteiger partial charge in [0, 0.05) is 17.9 Å². The lowest BCUT2D eigenvalue weighted by atomic mass is 10.1. The lowest BCUT2D eigenvalue weighted by Crippen LogP contribution is -2.49. The van der Waals surface area contributed by atoms with Gasteiger partial charge in [-0.25, -0.2) is 9.86 Å². The highest BCUT2D eigenvalue weighted by molar-refractivity contribution is 9.10. The van der Waals surface area contributed by atoms with E-state index in [4.69, 9.17) is 9.57 Å². The molecule has 6 nitrogen and oxygen atoms in total. The SMILES string of the molecule is CON(C)C(=O)[C@@H](Cc1ccc(Br)cc1)NC(=O)OC(C)(C)C. The van der Waals surface area contributed by atoms with E-state index in [0.29, 0.717) is 6.42 Å². The minimum absolute atomic E-state index is 0.332. The first kappa shape index (κ1) is 19.4. The molecule has 128 valence electrons. The summed E-state index contributed by atoms with van der Waals surface area (Å²) in [6.07, 6.45) is -0.309. The van der Waals surface area contributed by atoms with Gasteiger partial charge in [-0.15, -0.1) is 0 Å². The average molecular weight is 387 g/mol. The van der Waals surface area contributed by atoms with Crippen LogP contribution in [-0.2, 0) is 20.8 Å². The molecule has 1 rings (SSSR count). The summed E-state index contributed by atoms with van der Waals surface area (Å²) in [4.78, 5) is 29.3. The van der Waals surface area contributed by atoms with Crippen molar-refractivity contribution in [3.05, 3.63) is 34.3 Å². The third kappa shape index (κ3) is 7.00. The van der Waals surface area contributed by atoms with E-state index in [1.807, 2.05) is 24.3 Å². The fraction of sp³-hybridized carbons (Fsp3) is 0.500. The zero-order valence-corrected chi connectivity index (χ0v) is 15.6. The molecule has 0 saturated heterocycles. The van der Waals surface area contributed by atoms with Crippen molar-refractivity contribution in [3.63, 3.8) is 0 Å². The van der Waals surface area contributed by atoms with Gasteiger partial charge in [-0.3, -0.25) is 9.63 Å². The predicted octanol–water partition coefficient (Wildman–Crippen LogP) is 2.90. The molecule has 0 aliphatic rings. The number of amides is 2. The number of carbonyl (C=O) groups excluding carboxylic acids is 2. The van der Waals surface area contributed by atoms with Crippen molar-refractivity contribution in [2.45, 2.75) is 38.8 Å². The molecule has 2 amide bonds. The average Bonchev–Trinajstić information content (AvgIpc) is 2.45. The number of likely N-dealkylation sites (N-methyl/N-ethyl adjacent to an activating group) is 1. The standard InChI is InChI=1S/C16H23BrN2O4/c1-16(2,3)23-15(21)18-13(14(20)19(4)22-5)10-11-6-8-12(17)9-7-11/h6-9,13H,10H2,1-5H3,(H,18,21)/t13-/m1/s1. The Morgan fingerprint density at radius 1 is 1.26 bits per heavy atom. The molecule has 0 aliphatic carbocycles. The molecule has 0 saturated carbocycles. The van der Waals surface area contributed by atoms with Crippen LogP contribution < -0.4 is 5.32 Å². The van der Waals surface area contributed by atoms with Crippen LogP contribution in [0.15, 0.2) is 28.7 Å². The monoisotopic (exact) mass is 386 g/mol. The smallest absolute Gasteiger partial charge is 0.408 e. The number of ether oxygens (including phenoxy) is 1. The zero-order valence-electron chi connectivity index (χ0n) is 14.1. The Morgan fingerprint density at radius 3 is 2.30 bits per heavy atom. The lowest BCUT2D eigenvalue weighted by molar-refractivity contribution is -0.171. The molecule has 1 aromatic rings. The molecule has 1 N–H and O–H groups in total. The minimum Gasteiger partial charge on any atom is -0.444 e. The van der Waals surface area contributed by atoms with Crippen molar-refractivity contribution >= 4 is 27.9 Å². The normalized spacial score (nSPS) is 12.4. The van der Waals surface area contributed by atoms with Crippen molar-refractivity contribution in [1.82, 2.24) is 10.4 Å². The zero-order chi connectivity index (χ0) is 17.6. The highest BCUT2D eigenvalue weighted by atomic mass is 79.9. The second-order valence-corrected chi connectivity index (χ2v) is 6.96. The molecule has 0 aliphatic heterocycles. The van der Waals surface area contributed by atoms with E-state index in [9.17, 15) is 9.59 Å². The van der Waals surface area contributed by atoms with E-state index < -0.39 is 17.7 Å². The number of rotatable bonds is 5. The maximum Gasteiger partial charge on any atom is 0.408 e. The molecule has 0 heterocycles. The Labute approximate surface area is 145 Å². The van der Waals surface area contributed by atoms with Crippen LogP contribution in [0.2, 0.25) is 0 Å². The lowest BCUT2D eigenvalue weighted by Gasteiger charge is -2.25. The van der Waals surface area contributed by atoms with Gasteiger partial charge < -0.3 is 10.1 Å². The maximum atomic E-state index is 12.4. The first-order valence-corrected chi connectivity index (χ1v) is 7.97. The van der Waals surface area contributed by atoms with E-state index in [0.717, 1.165) is 15.1 Å². The molecule has 7 heteroatoms. The Morgan fingerprint density at radius 2 is 1.83 bits per heavy atom. The molecule has 0 fully saturated rings. The number of carbonyl (C=O) groups is 2. The summed E-state index contributed by atoms with van der Waals surface area (Å²) in [7, 11) is 2.88. The third-order valence-electron chi connectivity index (χ3n) is 2.93. The first-order valence-electron chi connectivity index (χ1n) is 7.18. The molecule has 0 aromatic heterocycles. The number of hydrogen-bond acceptors (Lipinski definition) is 4. The summed E-state index contributed by atoms with van der Waals surface area (Å²) in [5, 5.41) is 3.69. The fourth-order valence-corrected chi connectivity index (χ4v) is 2.08. The van der Waals surface area contributed by atoms with Crippen molar-refractivity contribution < 1.29 is 19.2 Å². The number of nitrogens with one attached hydrogen (secondary N) is 1. The summed E-state index contributed by atoms with van der Waals surface area (Å²) in [6.45, 7) is 5.29. The molecule has 1 atom stereocenters. The molecule has 0 unspecified atom stereocenters. The molecule has 1 aromatic carbocycles. The summed E-state index contributed by atoms with van der Waals surface area (Å²) < 4.78 is 6.16. The second kappa shape index (κ2) is 8.31. The Balaban J connectivity index is 2.86. The predicted molar refractivity (Wildman–Crippen MR) is 90.8 cm³/mol. The van der Waals surface area contributed by atoms with Crippen molar-refractivity contribution in [2.24, 2.45) is 0 Å². The van der Waals surface area contributed by atoms with Gasteiger partial charge in [0.15, 0.2) is 0 Å². The third-order valence-corrected chi connectivity index (χ3v) is 3.46. The number of hydrogen-bond donors (Lipinski definition) is 1. The van der Waals surface area contributed by atoms with Gasteiger partial charge in [0.2, 0.25) is 0 Å². The maximum absolute atomic E-state index is 12.4. The van der Waals surface area contributed by atoms with Gasteiger partial charge in [-0.05, 0) is 38.5 Å². The van der Waals surface area contributed by atoms with Crippen LogP contribution in [0.1, 0.15) is 26.3 Å². The van der Waals surface area contributed by atoms with Crippen LogP contribution in [0.5, 0.6) is 0 Å². The van der Waals surface area contributed by atoms with Crippen LogP contribution in [0.25, 0.3) is 0 Å². The van der Waals surface area contributed by atoms with Gasteiger partial charge >= 0.3 is 6.09 Å². The highest BCUT2D eigenvalue weighted by Gasteiger charge is 2.27. The molecule has 0 bridgehead atoms. The molecular formula is C16H23BrN2O4. The Kier molecular flexibility index (Phi) is 7.02. The number of hydroxylamine groups is 2. The van der Waals surface area contributed by atoms with Gasteiger partial charge in [0.25, 0.3) is 5.91 Å². The summed E-state index contributed by atoms with van der Waals surface area (Å²) in [5.74, 6) is -0.360. The second-order valence-electron chi connectivity index (χ2n) is 6.05. The topological polar surface area (TPSA) is 67.9 Å². The number of alkyl carbamates (subject to hydrolysis) is 1. The summed E-state index contributed by atoms with van der Waals surface area (Å²) in [5.41, 5.74) is 0.273. The first-order chi connectivity index (χ1) is 10.6. The number of benzene rings is 1. The van der Waals surface area contributed by atoms with Crippen LogP contribution in [0.3, 0.4) is 0 Å². The van der Waals surface area contributed by atoms with Crippen molar-refractivity contribution in [2.75, 3.05) is 14.2 Å². The van der Waals surface area contributed by atoms with Gasteiger partial charge in [0.1, 0.15) is 11.6 Å². The number of halogens is 1. The Hall–Kier alpha value is -1.60. The van der Waals surface area contributed by atoms with E-state index in [-0.39, 0.29) is 5.91 Å². The molecule has 0 radical (unpaired) electrons. The van der Waals surface area contributed by atoms with Crippen LogP contribution in [0.4, 0.5) is 4.79 Å². The van der Waals surface area contributed by atoms with Crippen molar-refractivity contribution in [1.29, 1.82) is 0 Å². The van der Waals surface area contributed by atoms with Gasteiger partial charge in [0.05, 0.1) is 7.11 Å². The molecular weight excluding hydrogens is 364 g/mol. The van der Waals surface area contributed by atoms with Crippen LogP contribution in [0, 0.1) is 0 Å². The van der Waals surface area contributed by atoms with E-state index in [2.05, 4.69) is 21.2 Å². The van der Waals surface area contributed by atoms with Crippen molar-refractivity contribution in [3.8, 4) is 0 Å². The molecule has 0 spiro atoms. The van der Waals surface area contributed by atoms with E-state index in [1.165, 1.54) is 14.2 Å². The summed E-state index contributed by atoms with van der Waals surface area (Å²) >= 11 is 3.36. The minimum atomic E-state index is -0.782. The van der Waals surface area contributed by atoms with Gasteiger partial charge in [-0.1, -0.05) is 28.1 Å². The van der Waals surface area contributed by atoms with Crippen LogP contribution >= 0.6 is 15.9 Å². The quantitative estimate of drug-likeness (QED) is 0.789. The molecule has 23 heavy (non-hydrogen) atoms. The number of nitrogens with zero attached hydrogens (tertiary/aromatic N) is 1.